The normalized spacial score (nSPS) is 22.4. The second kappa shape index (κ2) is 15.0. The number of carboxylic acid groups (broad SMARTS) is 1. The molecule has 3 N–H and O–H groups in total. The number of thioether (sulfide) groups is 1. The van der Waals surface area contributed by atoms with E-state index in [0.29, 0.717) is 30.0 Å². The van der Waals surface area contributed by atoms with Gasteiger partial charge in [-0.2, -0.15) is 11.8 Å². The Morgan fingerprint density at radius 2 is 1.82 bits per heavy atom. The third-order valence-electron chi connectivity index (χ3n) is 6.53. The Kier molecular flexibility index (Phi) is 12.8. The number of benzene rings is 1. The molecule has 7 heteroatoms. The molecule has 0 aromatic heterocycles. The number of aliphatic carboxylic acids is 1. The Bertz CT molecular complexity index is 726. The summed E-state index contributed by atoms with van der Waals surface area (Å²) < 4.78 is 0. The van der Waals surface area contributed by atoms with E-state index in [-0.39, 0.29) is 23.4 Å². The fraction of sp³-hybridized carbons (Fsp3) is 0.692. The molecular formula is C26H39ClO5S. The molecule has 0 bridgehead atoms. The van der Waals surface area contributed by atoms with Crippen LogP contribution >= 0.6 is 23.4 Å². The number of carboxylic acids is 1. The molecule has 33 heavy (non-hydrogen) atoms. The maximum absolute atomic E-state index is 12.4. The number of aliphatic hydroxyl groups excluding tert-OH is 2. The fourth-order valence-electron chi connectivity index (χ4n) is 4.56. The first kappa shape index (κ1) is 28.2. The van der Waals surface area contributed by atoms with Crippen LogP contribution < -0.4 is 0 Å². The number of unbranched alkanes of at least 4 members (excludes halogenated alkanes) is 4. The van der Waals surface area contributed by atoms with Crippen molar-refractivity contribution in [2.75, 3.05) is 5.75 Å². The van der Waals surface area contributed by atoms with Crippen molar-refractivity contribution in [3.63, 3.8) is 0 Å². The molecule has 186 valence electrons. The molecule has 1 aliphatic rings. The summed E-state index contributed by atoms with van der Waals surface area (Å²) in [5.41, 5.74) is 0.967. The van der Waals surface area contributed by atoms with E-state index >= 15 is 0 Å². The van der Waals surface area contributed by atoms with Crippen LogP contribution in [-0.2, 0) is 16.0 Å². The summed E-state index contributed by atoms with van der Waals surface area (Å²) in [7, 11) is 0. The maximum Gasteiger partial charge on any atom is 0.306 e. The van der Waals surface area contributed by atoms with Gasteiger partial charge in [-0.15, -0.1) is 0 Å². The number of carbonyl (C=O) groups excluding carboxylic acids is 1. The number of aliphatic hydroxyl groups is 2. The molecule has 0 amide bonds. The van der Waals surface area contributed by atoms with Gasteiger partial charge in [0.1, 0.15) is 5.78 Å². The zero-order valence-corrected chi connectivity index (χ0v) is 21.2. The van der Waals surface area contributed by atoms with E-state index in [9.17, 15) is 24.9 Å². The van der Waals surface area contributed by atoms with Gasteiger partial charge in [-0.3, -0.25) is 9.59 Å². The van der Waals surface area contributed by atoms with Crippen molar-refractivity contribution in [3.05, 3.63) is 34.9 Å². The fourth-order valence-corrected chi connectivity index (χ4v) is 6.14. The second-order valence-corrected chi connectivity index (χ2v) is 10.9. The smallest absolute Gasteiger partial charge is 0.306 e. The van der Waals surface area contributed by atoms with E-state index in [1.54, 1.807) is 12.1 Å². The van der Waals surface area contributed by atoms with Gasteiger partial charge in [0.15, 0.2) is 0 Å². The maximum atomic E-state index is 12.4. The minimum absolute atomic E-state index is 0.117. The first-order valence-corrected chi connectivity index (χ1v) is 13.7. The Morgan fingerprint density at radius 3 is 2.48 bits per heavy atom. The van der Waals surface area contributed by atoms with Crippen molar-refractivity contribution in [2.24, 2.45) is 11.8 Å². The predicted octanol–water partition coefficient (Wildman–Crippen LogP) is 5.53. The molecule has 0 saturated heterocycles. The first-order chi connectivity index (χ1) is 15.8. The highest BCUT2D eigenvalue weighted by atomic mass is 35.5. The summed E-state index contributed by atoms with van der Waals surface area (Å²) >= 11 is 7.44. The van der Waals surface area contributed by atoms with Gasteiger partial charge in [0.2, 0.25) is 0 Å². The van der Waals surface area contributed by atoms with Crippen molar-refractivity contribution < 1.29 is 24.9 Å². The molecule has 0 heterocycles. The van der Waals surface area contributed by atoms with Gasteiger partial charge in [0.25, 0.3) is 0 Å². The van der Waals surface area contributed by atoms with E-state index < -0.39 is 24.1 Å². The Balaban J connectivity index is 1.73. The highest BCUT2D eigenvalue weighted by Crippen LogP contribution is 2.37. The van der Waals surface area contributed by atoms with Crippen molar-refractivity contribution in [1.29, 1.82) is 0 Å². The van der Waals surface area contributed by atoms with Crippen molar-refractivity contribution in [3.8, 4) is 0 Å². The van der Waals surface area contributed by atoms with Crippen molar-refractivity contribution in [2.45, 2.75) is 95.0 Å². The van der Waals surface area contributed by atoms with E-state index in [1.807, 2.05) is 12.1 Å². The average Bonchev–Trinajstić information content (AvgIpc) is 3.04. The molecule has 1 fully saturated rings. The number of ketones is 1. The zero-order valence-electron chi connectivity index (χ0n) is 19.6. The monoisotopic (exact) mass is 498 g/mol. The van der Waals surface area contributed by atoms with Gasteiger partial charge < -0.3 is 15.3 Å². The second-order valence-electron chi connectivity index (χ2n) is 9.30. The SMILES string of the molecule is CCCCCC(O)CS[C@H]1C(O)CC(=O)[C@@H]1CCCCCC(Cc1ccc(Cl)cc1)C(=O)O. The predicted molar refractivity (Wildman–Crippen MR) is 135 cm³/mol. The largest absolute Gasteiger partial charge is 0.481 e. The molecule has 1 saturated carbocycles. The van der Waals surface area contributed by atoms with Crippen LogP contribution in [-0.4, -0.2) is 50.3 Å². The van der Waals surface area contributed by atoms with Crippen LogP contribution in [0.4, 0.5) is 0 Å². The number of halogens is 1. The Morgan fingerprint density at radius 1 is 1.12 bits per heavy atom. The molecular weight excluding hydrogens is 460 g/mol. The van der Waals surface area contributed by atoms with Crippen LogP contribution in [0.5, 0.6) is 0 Å². The molecule has 5 nitrogen and oxygen atoms in total. The number of hydrogen-bond acceptors (Lipinski definition) is 5. The standard InChI is InChI=1S/C26H39ClO5S/c1-2-3-5-9-21(28)17-33-25-22(23(29)16-24(25)30)10-7-4-6-8-19(26(31)32)15-18-11-13-20(27)14-12-18/h11-14,19,21-22,24-25,28,30H,2-10,15-17H2,1H3,(H,31,32)/t19?,21?,22-,24?,25+/m0/s1. The highest BCUT2D eigenvalue weighted by Gasteiger charge is 2.41. The summed E-state index contributed by atoms with van der Waals surface area (Å²) in [5.74, 6) is -0.712. The highest BCUT2D eigenvalue weighted by molar-refractivity contribution is 8.00. The first-order valence-electron chi connectivity index (χ1n) is 12.3. The summed E-state index contributed by atoms with van der Waals surface area (Å²) in [6.07, 6.45) is 7.47. The molecule has 3 unspecified atom stereocenters. The van der Waals surface area contributed by atoms with Gasteiger partial charge in [-0.05, 0) is 43.4 Å². The quantitative estimate of drug-likeness (QED) is 0.259. The van der Waals surface area contributed by atoms with Crippen LogP contribution in [0.1, 0.15) is 76.7 Å². The van der Waals surface area contributed by atoms with Crippen molar-refractivity contribution >= 4 is 35.1 Å². The number of carbonyl (C=O) groups is 2. The molecule has 2 rings (SSSR count). The van der Waals surface area contributed by atoms with Gasteiger partial charge in [0, 0.05) is 28.4 Å². The summed E-state index contributed by atoms with van der Waals surface area (Å²) in [4.78, 5) is 24.1. The van der Waals surface area contributed by atoms with Crippen LogP contribution in [0.25, 0.3) is 0 Å². The number of rotatable bonds is 16. The molecule has 1 aromatic rings. The average molecular weight is 499 g/mol. The molecule has 0 aliphatic heterocycles. The molecule has 1 aliphatic carbocycles. The minimum Gasteiger partial charge on any atom is -0.481 e. The summed E-state index contributed by atoms with van der Waals surface area (Å²) in [6.45, 7) is 2.13. The van der Waals surface area contributed by atoms with Gasteiger partial charge >= 0.3 is 5.97 Å². The number of Topliss-reactive ketones (excluding diaryl/α,β-unsaturated/α-hetero) is 1. The van der Waals surface area contributed by atoms with Crippen LogP contribution in [0.2, 0.25) is 5.02 Å². The van der Waals surface area contributed by atoms with E-state index in [2.05, 4.69) is 6.92 Å². The van der Waals surface area contributed by atoms with Crippen LogP contribution in [0, 0.1) is 11.8 Å². The number of hydrogen-bond donors (Lipinski definition) is 3. The molecule has 1 aromatic carbocycles. The lowest BCUT2D eigenvalue weighted by Gasteiger charge is -2.22. The van der Waals surface area contributed by atoms with Crippen LogP contribution in [0.15, 0.2) is 24.3 Å². The lowest BCUT2D eigenvalue weighted by molar-refractivity contribution is -0.142. The third-order valence-corrected chi connectivity index (χ3v) is 8.39. The van der Waals surface area contributed by atoms with E-state index in [0.717, 1.165) is 50.5 Å². The van der Waals surface area contributed by atoms with Gasteiger partial charge in [-0.25, -0.2) is 0 Å². The van der Waals surface area contributed by atoms with Crippen molar-refractivity contribution in [1.82, 2.24) is 0 Å². The summed E-state index contributed by atoms with van der Waals surface area (Å²) in [6, 6.07) is 7.30. The zero-order chi connectivity index (χ0) is 24.2. The Hall–Kier alpha value is -1.08. The molecule has 0 radical (unpaired) electrons. The lowest BCUT2D eigenvalue weighted by atomic mass is 9.92. The van der Waals surface area contributed by atoms with Gasteiger partial charge in [0.05, 0.1) is 18.1 Å². The Labute approximate surface area is 207 Å². The summed E-state index contributed by atoms with van der Waals surface area (Å²) in [5, 5.41) is 30.6. The molecule has 0 spiro atoms. The topological polar surface area (TPSA) is 94.8 Å². The lowest BCUT2D eigenvalue weighted by Crippen LogP contribution is -2.26. The third kappa shape index (κ3) is 9.97. The van der Waals surface area contributed by atoms with Crippen LogP contribution in [0.3, 0.4) is 0 Å². The van der Waals surface area contributed by atoms with E-state index in [4.69, 9.17) is 11.6 Å². The van der Waals surface area contributed by atoms with E-state index in [1.165, 1.54) is 11.8 Å². The molecule has 5 atom stereocenters. The minimum atomic E-state index is -0.784. The van der Waals surface area contributed by atoms with Gasteiger partial charge in [-0.1, -0.05) is 69.2 Å².